The molecule has 0 aromatic heterocycles. The molecular formula is C34H30N4O14S4. The second-order valence-corrected chi connectivity index (χ2v) is 17.6. The fourth-order valence-electron chi connectivity index (χ4n) is 4.45. The van der Waals surface area contributed by atoms with E-state index >= 15 is 0 Å². The van der Waals surface area contributed by atoms with Gasteiger partial charge < -0.3 is 38.0 Å². The minimum Gasteiger partial charge on any atom is -0.383 e. The summed E-state index contributed by atoms with van der Waals surface area (Å²) in [6, 6.07) is 24.5. The van der Waals surface area contributed by atoms with E-state index in [4.69, 9.17) is 16.7 Å². The van der Waals surface area contributed by atoms with E-state index in [0.717, 1.165) is 30.7 Å². The Morgan fingerprint density at radius 3 is 0.893 bits per heavy atom. The smallest absolute Gasteiger partial charge is 0.339 e. The molecule has 5 rings (SSSR count). The molecule has 0 bridgehead atoms. The summed E-state index contributed by atoms with van der Waals surface area (Å²) in [5.41, 5.74) is 1.16. The summed E-state index contributed by atoms with van der Waals surface area (Å²) in [6.07, 6.45) is 1.79. The van der Waals surface area contributed by atoms with Crippen LogP contribution in [0.3, 0.4) is 0 Å². The topological polar surface area (TPSA) is 256 Å². The maximum absolute atomic E-state index is 13.1. The lowest BCUT2D eigenvalue weighted by atomic mass is 10.3. The number of benzene rings is 5. The van der Waals surface area contributed by atoms with Crippen LogP contribution in [0.1, 0.15) is 0 Å². The molecule has 0 unspecified atom stereocenters. The Kier molecular flexibility index (Phi) is 12.1. The Morgan fingerprint density at radius 2 is 0.643 bits per heavy atom. The highest BCUT2D eigenvalue weighted by atomic mass is 32.2. The number of hydrogen-bond acceptors (Lipinski definition) is 14. The average Bonchev–Trinajstić information content (AvgIpc) is 3.10. The van der Waals surface area contributed by atoms with Crippen molar-refractivity contribution in [3.05, 3.63) is 121 Å². The van der Waals surface area contributed by atoms with Crippen LogP contribution in [0.2, 0.25) is 0 Å². The van der Waals surface area contributed by atoms with E-state index < -0.39 is 62.3 Å². The van der Waals surface area contributed by atoms with Crippen LogP contribution in [-0.4, -0.2) is 58.2 Å². The highest BCUT2D eigenvalue weighted by molar-refractivity contribution is 7.88. The number of anilines is 4. The lowest BCUT2D eigenvalue weighted by molar-refractivity contribution is 0.261. The van der Waals surface area contributed by atoms with Crippen molar-refractivity contribution < 1.29 is 60.0 Å². The van der Waals surface area contributed by atoms with Gasteiger partial charge in [0.1, 0.15) is 32.8 Å². The van der Waals surface area contributed by atoms with E-state index in [1.165, 1.54) is 103 Å². The van der Waals surface area contributed by atoms with Crippen LogP contribution in [0.15, 0.2) is 131 Å². The fourth-order valence-corrected chi connectivity index (χ4v) is 7.40. The number of nitrogens with one attached hydrogen (secondary N) is 4. The van der Waals surface area contributed by atoms with E-state index in [1.54, 1.807) is 0 Å². The van der Waals surface area contributed by atoms with Crippen molar-refractivity contribution in [2.45, 2.75) is 9.79 Å². The Bertz CT molecular complexity index is 2490. The summed E-state index contributed by atoms with van der Waals surface area (Å²) in [4.78, 5) is 23.8. The monoisotopic (exact) mass is 846 g/mol. The number of rotatable bonds is 14. The number of carbonyl (C=O) groups is 2. The van der Waals surface area contributed by atoms with E-state index in [9.17, 15) is 43.3 Å². The normalized spacial score (nSPS) is 11.8. The third-order valence-electron chi connectivity index (χ3n) is 6.74. The quantitative estimate of drug-likeness (QED) is 0.105. The molecule has 4 N–H and O–H groups in total. The number of urea groups is 2. The molecule has 0 spiro atoms. The molecule has 0 aliphatic rings. The summed E-state index contributed by atoms with van der Waals surface area (Å²) in [5, 5.41) is 10.1. The van der Waals surface area contributed by atoms with E-state index in [-0.39, 0.29) is 34.4 Å². The molecule has 22 heteroatoms. The van der Waals surface area contributed by atoms with Crippen LogP contribution in [0.25, 0.3) is 0 Å². The molecule has 294 valence electrons. The lowest BCUT2D eigenvalue weighted by Crippen LogP contribution is -2.19. The van der Waals surface area contributed by atoms with E-state index in [1.807, 2.05) is 0 Å². The molecule has 18 nitrogen and oxygen atoms in total. The van der Waals surface area contributed by atoms with E-state index in [2.05, 4.69) is 21.3 Å². The first-order valence-corrected chi connectivity index (χ1v) is 22.0. The molecule has 0 atom stereocenters. The molecule has 5 aromatic rings. The van der Waals surface area contributed by atoms with Gasteiger partial charge in [-0.2, -0.15) is 33.7 Å². The van der Waals surface area contributed by atoms with Gasteiger partial charge in [0.15, 0.2) is 0 Å². The molecule has 0 fully saturated rings. The summed E-state index contributed by atoms with van der Waals surface area (Å²) >= 11 is 0. The van der Waals surface area contributed by atoms with Gasteiger partial charge >= 0.3 is 52.5 Å². The molecular weight excluding hydrogens is 817 g/mol. The molecule has 0 saturated heterocycles. The van der Waals surface area contributed by atoms with Gasteiger partial charge in [0.05, 0.1) is 12.5 Å². The summed E-state index contributed by atoms with van der Waals surface area (Å²) in [5.74, 6) is -0.189. The van der Waals surface area contributed by atoms with Crippen molar-refractivity contribution in [1.82, 2.24) is 0 Å². The zero-order valence-electron chi connectivity index (χ0n) is 28.9. The maximum atomic E-state index is 13.1. The predicted molar refractivity (Wildman–Crippen MR) is 204 cm³/mol. The van der Waals surface area contributed by atoms with E-state index in [0.29, 0.717) is 11.4 Å². The first-order chi connectivity index (χ1) is 26.2. The third kappa shape index (κ3) is 12.3. The zero-order valence-corrected chi connectivity index (χ0v) is 32.2. The van der Waals surface area contributed by atoms with Gasteiger partial charge in [0.2, 0.25) is 0 Å². The summed E-state index contributed by atoms with van der Waals surface area (Å²) < 4.78 is 117. The summed E-state index contributed by atoms with van der Waals surface area (Å²) in [7, 11) is -16.5. The van der Waals surface area contributed by atoms with Crippen molar-refractivity contribution in [2.75, 3.05) is 33.8 Å². The second kappa shape index (κ2) is 16.6. The lowest BCUT2D eigenvalue weighted by Gasteiger charge is -2.12. The van der Waals surface area contributed by atoms with Crippen molar-refractivity contribution in [1.29, 1.82) is 0 Å². The van der Waals surface area contributed by atoms with Gasteiger partial charge in [-0.05, 0) is 115 Å². The van der Waals surface area contributed by atoms with Crippen molar-refractivity contribution in [3.63, 3.8) is 0 Å². The number of amides is 4. The van der Waals surface area contributed by atoms with Crippen molar-refractivity contribution in [3.8, 4) is 23.0 Å². The second-order valence-electron chi connectivity index (χ2n) is 11.4. The van der Waals surface area contributed by atoms with Gasteiger partial charge in [-0.25, -0.2) is 9.59 Å². The molecule has 4 amide bonds. The molecule has 56 heavy (non-hydrogen) atoms. The van der Waals surface area contributed by atoms with Crippen LogP contribution in [-0.2, 0) is 40.5 Å². The fraction of sp³-hybridized carbons (Fsp3) is 0.0588. The SMILES string of the molecule is CS(=O)(=O)Oc1ccc(NC(=O)Nc2ccc(OS(=O)(=O)c3cccc(S(=O)(=O)Oc4ccc(NC(=O)Nc5ccc(OS(C)(=O)=O)cc5)cc4)c3)cc2)cc1. The van der Waals surface area contributed by atoms with Gasteiger partial charge in [0, 0.05) is 22.7 Å². The van der Waals surface area contributed by atoms with Gasteiger partial charge in [0.25, 0.3) is 0 Å². The summed E-state index contributed by atoms with van der Waals surface area (Å²) in [6.45, 7) is 0. The molecule has 0 aliphatic carbocycles. The third-order valence-corrected chi connectivity index (χ3v) is 10.2. The Labute approximate surface area is 321 Å². The highest BCUT2D eigenvalue weighted by Gasteiger charge is 2.23. The van der Waals surface area contributed by atoms with Crippen LogP contribution < -0.4 is 38.0 Å². The van der Waals surface area contributed by atoms with Crippen LogP contribution in [0.4, 0.5) is 32.3 Å². The van der Waals surface area contributed by atoms with Gasteiger partial charge in [-0.3, -0.25) is 0 Å². The first kappa shape index (κ1) is 40.8. The number of carbonyl (C=O) groups excluding carboxylic acids is 2. The Hall–Kier alpha value is -6.36. The van der Waals surface area contributed by atoms with Crippen molar-refractivity contribution in [2.24, 2.45) is 0 Å². The standard InChI is InChI=1S/C34H30N4O14S4/c1-53(41,42)49-27-14-6-23(7-15-27)35-33(39)37-25-10-18-29(19-11-25)51-55(45,46)31-4-3-5-32(22-31)56(47,48)52-30-20-12-26(13-21-30)38-34(40)36-24-8-16-28(17-9-24)50-54(2,43)44/h3-22H,1-2H3,(H2,35,37,39)(H2,36,38,40). The Morgan fingerprint density at radius 1 is 0.393 bits per heavy atom. The Balaban J connectivity index is 1.14. The van der Waals surface area contributed by atoms with Crippen LogP contribution >= 0.6 is 0 Å². The zero-order chi connectivity index (χ0) is 40.7. The molecule has 0 aliphatic heterocycles. The number of hydrogen-bond donors (Lipinski definition) is 4. The minimum absolute atomic E-state index is 0.0568. The van der Waals surface area contributed by atoms with Crippen molar-refractivity contribution >= 4 is 75.3 Å². The largest absolute Gasteiger partial charge is 0.383 e. The molecule has 0 saturated carbocycles. The molecule has 5 aromatic carbocycles. The average molecular weight is 847 g/mol. The van der Waals surface area contributed by atoms with Crippen LogP contribution in [0, 0.1) is 0 Å². The minimum atomic E-state index is -4.55. The first-order valence-electron chi connectivity index (χ1n) is 15.6. The molecule has 0 heterocycles. The van der Waals surface area contributed by atoms with Crippen LogP contribution in [0.5, 0.6) is 23.0 Å². The van der Waals surface area contributed by atoms with Gasteiger partial charge in [-0.15, -0.1) is 0 Å². The predicted octanol–water partition coefficient (Wildman–Crippen LogP) is 5.19. The van der Waals surface area contributed by atoms with Gasteiger partial charge in [-0.1, -0.05) is 6.07 Å². The maximum Gasteiger partial charge on any atom is 0.339 e. The molecule has 0 radical (unpaired) electrons. The highest BCUT2D eigenvalue weighted by Crippen LogP contribution is 2.26.